The van der Waals surface area contributed by atoms with E-state index >= 15 is 0 Å². The van der Waals surface area contributed by atoms with Crippen LogP contribution in [0.3, 0.4) is 0 Å². The Kier molecular flexibility index (Phi) is 4.95. The molecule has 2 unspecified atom stereocenters. The molecule has 0 spiro atoms. The van der Waals surface area contributed by atoms with Crippen LogP contribution in [0.25, 0.3) is 0 Å². The van der Waals surface area contributed by atoms with E-state index in [-0.39, 0.29) is 24.9 Å². The number of rotatable bonds is 3. The third kappa shape index (κ3) is 3.35. The van der Waals surface area contributed by atoms with Crippen LogP contribution >= 0.6 is 0 Å². The van der Waals surface area contributed by atoms with Crippen molar-refractivity contribution in [1.82, 2.24) is 4.90 Å². The lowest BCUT2D eigenvalue weighted by Gasteiger charge is -2.37. The Morgan fingerprint density at radius 1 is 1.36 bits per heavy atom. The van der Waals surface area contributed by atoms with Gasteiger partial charge in [-0.3, -0.25) is 4.79 Å². The van der Waals surface area contributed by atoms with Crippen molar-refractivity contribution >= 4 is 12.1 Å². The van der Waals surface area contributed by atoms with Gasteiger partial charge in [0, 0.05) is 18.2 Å². The average Bonchev–Trinajstić information content (AvgIpc) is 2.50. The predicted octanol–water partition coefficient (Wildman–Crippen LogP) is 2.44. The Balaban J connectivity index is 2.25. The minimum absolute atomic E-state index is 0.0859. The van der Waals surface area contributed by atoms with Gasteiger partial charge in [-0.1, -0.05) is 6.07 Å². The number of hydrogen-bond donors (Lipinski definition) is 1. The standard InChI is InChI=1S/C15H17F2NO4/c1-22-15(21)18-6-5-9(14(19)20)7-10(18)8-11-12(16)3-2-4-13(11)17/h2-4,9-10H,5-8H2,1H3,(H,19,20). The maximum Gasteiger partial charge on any atom is 0.409 e. The summed E-state index contributed by atoms with van der Waals surface area (Å²) in [6.07, 6.45) is -0.276. The molecule has 1 amide bonds. The van der Waals surface area contributed by atoms with Crippen LogP contribution in [0.5, 0.6) is 0 Å². The Morgan fingerprint density at radius 3 is 2.55 bits per heavy atom. The van der Waals surface area contributed by atoms with Crippen molar-refractivity contribution in [3.8, 4) is 0 Å². The summed E-state index contributed by atoms with van der Waals surface area (Å²) in [7, 11) is 1.21. The van der Waals surface area contributed by atoms with E-state index < -0.39 is 35.7 Å². The van der Waals surface area contributed by atoms with Gasteiger partial charge in [0.15, 0.2) is 0 Å². The minimum atomic E-state index is -0.969. The molecule has 1 aromatic rings. The topological polar surface area (TPSA) is 66.8 Å². The highest BCUT2D eigenvalue weighted by molar-refractivity contribution is 5.72. The molecule has 1 heterocycles. The number of nitrogens with zero attached hydrogens (tertiary/aromatic N) is 1. The number of halogens is 2. The van der Waals surface area contributed by atoms with E-state index in [1.165, 1.54) is 18.1 Å². The van der Waals surface area contributed by atoms with Gasteiger partial charge < -0.3 is 14.7 Å². The van der Waals surface area contributed by atoms with Gasteiger partial charge in [0.1, 0.15) is 11.6 Å². The van der Waals surface area contributed by atoms with E-state index in [2.05, 4.69) is 4.74 Å². The van der Waals surface area contributed by atoms with Crippen LogP contribution in [0, 0.1) is 17.6 Å². The van der Waals surface area contributed by atoms with Gasteiger partial charge in [0.2, 0.25) is 0 Å². The number of likely N-dealkylation sites (tertiary alicyclic amines) is 1. The second-order valence-corrected chi connectivity index (χ2v) is 5.28. The van der Waals surface area contributed by atoms with Gasteiger partial charge in [0.05, 0.1) is 13.0 Å². The molecule has 1 aliphatic heterocycles. The monoisotopic (exact) mass is 313 g/mol. The van der Waals surface area contributed by atoms with E-state index in [0.29, 0.717) is 6.42 Å². The number of piperidine rings is 1. The zero-order valence-electron chi connectivity index (χ0n) is 12.1. The maximum atomic E-state index is 13.8. The fourth-order valence-corrected chi connectivity index (χ4v) is 2.79. The molecule has 1 N–H and O–H groups in total. The first kappa shape index (κ1) is 16.2. The highest BCUT2D eigenvalue weighted by Crippen LogP contribution is 2.27. The number of aliphatic carboxylic acids is 1. The smallest absolute Gasteiger partial charge is 0.409 e. The summed E-state index contributed by atoms with van der Waals surface area (Å²) >= 11 is 0. The largest absolute Gasteiger partial charge is 0.481 e. The lowest BCUT2D eigenvalue weighted by atomic mass is 9.87. The van der Waals surface area contributed by atoms with Crippen molar-refractivity contribution in [2.75, 3.05) is 13.7 Å². The number of hydrogen-bond acceptors (Lipinski definition) is 3. The minimum Gasteiger partial charge on any atom is -0.481 e. The molecule has 0 saturated carbocycles. The highest BCUT2D eigenvalue weighted by Gasteiger charge is 2.36. The van der Waals surface area contributed by atoms with Crippen LogP contribution in [0.15, 0.2) is 18.2 Å². The van der Waals surface area contributed by atoms with Crippen molar-refractivity contribution < 1.29 is 28.2 Å². The Bertz CT molecular complexity index is 558. The van der Waals surface area contributed by atoms with E-state index in [0.717, 1.165) is 12.1 Å². The molecule has 7 heteroatoms. The highest BCUT2D eigenvalue weighted by atomic mass is 19.1. The number of benzene rings is 1. The quantitative estimate of drug-likeness (QED) is 0.931. The fraction of sp³-hybridized carbons (Fsp3) is 0.467. The summed E-state index contributed by atoms with van der Waals surface area (Å²) in [6, 6.07) is 2.91. The molecule has 0 bridgehead atoms. The molecule has 1 aliphatic rings. The van der Waals surface area contributed by atoms with Crippen molar-refractivity contribution in [2.45, 2.75) is 25.3 Å². The van der Waals surface area contributed by atoms with Crippen LogP contribution < -0.4 is 0 Å². The molecular formula is C15H17F2NO4. The Labute approximate surface area is 126 Å². The molecule has 2 rings (SSSR count). The van der Waals surface area contributed by atoms with E-state index in [1.807, 2.05) is 0 Å². The zero-order valence-corrected chi connectivity index (χ0v) is 12.1. The molecule has 1 saturated heterocycles. The summed E-state index contributed by atoms with van der Waals surface area (Å²) in [5, 5.41) is 9.13. The van der Waals surface area contributed by atoms with Gasteiger partial charge in [-0.25, -0.2) is 13.6 Å². The molecule has 1 aromatic carbocycles. The average molecular weight is 313 g/mol. The molecule has 0 aliphatic carbocycles. The van der Waals surface area contributed by atoms with Crippen molar-refractivity contribution in [3.63, 3.8) is 0 Å². The molecule has 0 aromatic heterocycles. The summed E-state index contributed by atoms with van der Waals surface area (Å²) in [5.41, 5.74) is -0.146. The first-order valence-corrected chi connectivity index (χ1v) is 6.94. The van der Waals surface area contributed by atoms with Crippen molar-refractivity contribution in [3.05, 3.63) is 35.4 Å². The third-order valence-corrected chi connectivity index (χ3v) is 3.98. The summed E-state index contributed by atoms with van der Waals surface area (Å²) in [6.45, 7) is 0.185. The van der Waals surface area contributed by atoms with Gasteiger partial charge in [-0.15, -0.1) is 0 Å². The number of methoxy groups -OCH3 is 1. The predicted molar refractivity (Wildman–Crippen MR) is 73.3 cm³/mol. The van der Waals surface area contributed by atoms with Crippen LogP contribution in [-0.4, -0.2) is 41.8 Å². The summed E-state index contributed by atoms with van der Waals surface area (Å²) in [5.74, 6) is -3.02. The molecule has 1 fully saturated rings. The lowest BCUT2D eigenvalue weighted by molar-refractivity contribution is -0.144. The Morgan fingerprint density at radius 2 is 2.00 bits per heavy atom. The number of carbonyl (C=O) groups is 2. The molecule has 5 nitrogen and oxygen atoms in total. The van der Waals surface area contributed by atoms with Gasteiger partial charge in [0.25, 0.3) is 0 Å². The van der Waals surface area contributed by atoms with Crippen LogP contribution in [0.2, 0.25) is 0 Å². The third-order valence-electron chi connectivity index (χ3n) is 3.98. The number of ether oxygens (including phenoxy) is 1. The SMILES string of the molecule is COC(=O)N1CCC(C(=O)O)CC1Cc1c(F)cccc1F. The van der Waals surface area contributed by atoms with E-state index in [4.69, 9.17) is 5.11 Å². The van der Waals surface area contributed by atoms with E-state index in [9.17, 15) is 18.4 Å². The lowest BCUT2D eigenvalue weighted by Crippen LogP contribution is -2.48. The van der Waals surface area contributed by atoms with Gasteiger partial charge in [-0.05, 0) is 31.4 Å². The Hall–Kier alpha value is -2.18. The first-order valence-electron chi connectivity index (χ1n) is 6.94. The second-order valence-electron chi connectivity index (χ2n) is 5.28. The molecule has 0 radical (unpaired) electrons. The zero-order chi connectivity index (χ0) is 16.3. The van der Waals surface area contributed by atoms with E-state index in [1.54, 1.807) is 0 Å². The van der Waals surface area contributed by atoms with Crippen LogP contribution in [0.4, 0.5) is 13.6 Å². The molecular weight excluding hydrogens is 296 g/mol. The number of carboxylic acid groups (broad SMARTS) is 1. The van der Waals surface area contributed by atoms with Crippen LogP contribution in [0.1, 0.15) is 18.4 Å². The fourth-order valence-electron chi connectivity index (χ4n) is 2.79. The summed E-state index contributed by atoms with van der Waals surface area (Å²) in [4.78, 5) is 24.3. The maximum absolute atomic E-state index is 13.8. The number of carbonyl (C=O) groups excluding carboxylic acids is 1. The van der Waals surface area contributed by atoms with Crippen molar-refractivity contribution in [2.24, 2.45) is 5.92 Å². The number of carboxylic acids is 1. The van der Waals surface area contributed by atoms with Gasteiger partial charge >= 0.3 is 12.1 Å². The molecule has 2 atom stereocenters. The second kappa shape index (κ2) is 6.72. The van der Waals surface area contributed by atoms with Crippen LogP contribution in [-0.2, 0) is 16.0 Å². The molecule has 120 valence electrons. The van der Waals surface area contributed by atoms with Gasteiger partial charge in [-0.2, -0.15) is 0 Å². The summed E-state index contributed by atoms with van der Waals surface area (Å²) < 4.78 is 32.2. The first-order chi connectivity index (χ1) is 10.4. The molecule has 22 heavy (non-hydrogen) atoms. The normalized spacial score (nSPS) is 21.5. The van der Waals surface area contributed by atoms with Crippen molar-refractivity contribution in [1.29, 1.82) is 0 Å². The number of amides is 1.